The van der Waals surface area contributed by atoms with Crippen LogP contribution in [0.15, 0.2) is 36.0 Å². The summed E-state index contributed by atoms with van der Waals surface area (Å²) in [6.07, 6.45) is 8.96. The van der Waals surface area contributed by atoms with Gasteiger partial charge in [-0.3, -0.25) is 0 Å². The standard InChI is InChI=1S/C27H49NO2Si/c1-20(2)16-21(3)17-22(4)18-23(5)26(29)25(19-28)15-13-12-14-24(6)30-31(10,11)27(7,8)9/h12-13,15,21-24,26,29H,1,14,16-18H2,2-11H3/b13-12+,25-15-/t21-,22-,23+,24?,26+/m1/s1. The molecule has 1 N–H and O–H groups in total. The molecule has 0 amide bonds. The van der Waals surface area contributed by atoms with Crippen LogP contribution in [-0.2, 0) is 4.43 Å². The highest BCUT2D eigenvalue weighted by Gasteiger charge is 2.38. The van der Waals surface area contributed by atoms with E-state index in [4.69, 9.17) is 4.43 Å². The first-order chi connectivity index (χ1) is 14.1. The van der Waals surface area contributed by atoms with Crippen LogP contribution < -0.4 is 0 Å². The summed E-state index contributed by atoms with van der Waals surface area (Å²) >= 11 is 0. The molecule has 0 heterocycles. The molecular weight excluding hydrogens is 398 g/mol. The molecule has 0 aliphatic rings. The summed E-state index contributed by atoms with van der Waals surface area (Å²) in [6, 6.07) is 2.19. The van der Waals surface area contributed by atoms with Crippen LogP contribution in [0.25, 0.3) is 0 Å². The molecule has 0 aliphatic heterocycles. The lowest BCUT2D eigenvalue weighted by molar-refractivity contribution is 0.135. The summed E-state index contributed by atoms with van der Waals surface area (Å²) in [4.78, 5) is 0. The summed E-state index contributed by atoms with van der Waals surface area (Å²) in [5.41, 5.74) is 1.65. The van der Waals surface area contributed by atoms with Gasteiger partial charge in [-0.1, -0.05) is 59.3 Å². The van der Waals surface area contributed by atoms with E-state index >= 15 is 0 Å². The number of nitrogens with zero attached hydrogens (tertiary/aromatic N) is 1. The molecule has 0 rings (SSSR count). The summed E-state index contributed by atoms with van der Waals surface area (Å²) in [6.45, 7) is 26.0. The van der Waals surface area contributed by atoms with E-state index in [1.54, 1.807) is 6.08 Å². The molecule has 0 aromatic rings. The van der Waals surface area contributed by atoms with Gasteiger partial charge >= 0.3 is 0 Å². The summed E-state index contributed by atoms with van der Waals surface area (Å²) in [7, 11) is -1.77. The van der Waals surface area contributed by atoms with E-state index in [0.717, 1.165) is 25.7 Å². The van der Waals surface area contributed by atoms with E-state index in [0.29, 0.717) is 17.4 Å². The maximum atomic E-state index is 10.7. The first-order valence-corrected chi connectivity index (χ1v) is 14.8. The van der Waals surface area contributed by atoms with E-state index in [9.17, 15) is 10.4 Å². The smallest absolute Gasteiger partial charge is 0.192 e. The van der Waals surface area contributed by atoms with Crippen LogP contribution in [0, 0.1) is 29.1 Å². The van der Waals surface area contributed by atoms with Crippen molar-refractivity contribution in [3.05, 3.63) is 36.0 Å². The molecule has 0 aromatic carbocycles. The zero-order valence-electron chi connectivity index (χ0n) is 22.0. The molecule has 0 spiro atoms. The normalized spacial score (nSPS) is 18.3. The Morgan fingerprint density at radius 1 is 1.13 bits per heavy atom. The van der Waals surface area contributed by atoms with Crippen LogP contribution in [0.1, 0.15) is 81.1 Å². The van der Waals surface area contributed by atoms with Gasteiger partial charge in [0.05, 0.1) is 17.7 Å². The van der Waals surface area contributed by atoms with Gasteiger partial charge in [0.15, 0.2) is 8.32 Å². The Bertz CT molecular complexity index is 651. The van der Waals surface area contributed by atoms with Gasteiger partial charge in [0.25, 0.3) is 0 Å². The highest BCUT2D eigenvalue weighted by atomic mass is 28.4. The van der Waals surface area contributed by atoms with Gasteiger partial charge in [-0.15, -0.1) is 6.58 Å². The van der Waals surface area contributed by atoms with E-state index in [1.165, 1.54) is 5.57 Å². The van der Waals surface area contributed by atoms with E-state index in [2.05, 4.69) is 74.2 Å². The molecule has 0 saturated heterocycles. The monoisotopic (exact) mass is 447 g/mol. The molecular formula is C27H49NO2Si. The second kappa shape index (κ2) is 13.4. The van der Waals surface area contributed by atoms with Crippen molar-refractivity contribution < 1.29 is 9.53 Å². The minimum Gasteiger partial charge on any atom is -0.414 e. The average Bonchev–Trinajstić information content (AvgIpc) is 2.58. The molecule has 1 unspecified atom stereocenters. The van der Waals surface area contributed by atoms with Crippen LogP contribution >= 0.6 is 0 Å². The fourth-order valence-electron chi connectivity index (χ4n) is 3.90. The SMILES string of the molecule is C=C(C)C[C@@H](C)C[C@@H](C)C[C@H](C)[C@H](O)/C(C#N)=C\C=C\CC(C)O[Si](C)(C)C(C)(C)C. The molecule has 0 radical (unpaired) electrons. The third kappa shape index (κ3) is 11.9. The summed E-state index contributed by atoms with van der Waals surface area (Å²) < 4.78 is 6.37. The van der Waals surface area contributed by atoms with Crippen molar-refractivity contribution in [1.82, 2.24) is 0 Å². The van der Waals surface area contributed by atoms with Crippen molar-refractivity contribution >= 4 is 8.32 Å². The van der Waals surface area contributed by atoms with Crippen LogP contribution in [0.5, 0.6) is 0 Å². The quantitative estimate of drug-likeness (QED) is 0.135. The third-order valence-corrected chi connectivity index (χ3v) is 11.0. The van der Waals surface area contributed by atoms with Crippen molar-refractivity contribution in [1.29, 1.82) is 5.26 Å². The first-order valence-electron chi connectivity index (χ1n) is 11.9. The van der Waals surface area contributed by atoms with Crippen molar-refractivity contribution in [2.24, 2.45) is 17.8 Å². The van der Waals surface area contributed by atoms with Crippen LogP contribution in [0.2, 0.25) is 18.1 Å². The lowest BCUT2D eigenvalue weighted by atomic mass is 9.84. The van der Waals surface area contributed by atoms with Crippen LogP contribution in [-0.4, -0.2) is 25.6 Å². The molecule has 0 bridgehead atoms. The molecule has 0 fully saturated rings. The van der Waals surface area contributed by atoms with Gasteiger partial charge in [-0.2, -0.15) is 5.26 Å². The third-order valence-electron chi connectivity index (χ3n) is 6.44. The minimum absolute atomic E-state index is 0.0483. The highest BCUT2D eigenvalue weighted by molar-refractivity contribution is 6.74. The number of aliphatic hydroxyl groups excluding tert-OH is 1. The molecule has 178 valence electrons. The van der Waals surface area contributed by atoms with Gasteiger partial charge in [-0.25, -0.2) is 0 Å². The molecule has 0 saturated carbocycles. The zero-order valence-corrected chi connectivity index (χ0v) is 23.0. The highest BCUT2D eigenvalue weighted by Crippen LogP contribution is 2.37. The number of hydrogen-bond acceptors (Lipinski definition) is 3. The lowest BCUT2D eigenvalue weighted by Crippen LogP contribution is -2.43. The van der Waals surface area contributed by atoms with Crippen molar-refractivity contribution in [3.63, 3.8) is 0 Å². The number of nitriles is 1. The van der Waals surface area contributed by atoms with Crippen LogP contribution in [0.3, 0.4) is 0 Å². The predicted molar refractivity (Wildman–Crippen MR) is 137 cm³/mol. The van der Waals surface area contributed by atoms with Crippen molar-refractivity contribution in [2.75, 3.05) is 0 Å². The molecule has 3 nitrogen and oxygen atoms in total. The van der Waals surface area contributed by atoms with Gasteiger partial charge in [0.2, 0.25) is 0 Å². The maximum absolute atomic E-state index is 10.7. The second-order valence-corrected chi connectivity index (χ2v) is 16.1. The predicted octanol–water partition coefficient (Wildman–Crippen LogP) is 7.81. The summed E-state index contributed by atoms with van der Waals surface area (Å²) in [5.74, 6) is 1.15. The Morgan fingerprint density at radius 3 is 2.19 bits per heavy atom. The molecule has 4 heteroatoms. The van der Waals surface area contributed by atoms with Crippen molar-refractivity contribution in [2.45, 2.75) is 111 Å². The largest absolute Gasteiger partial charge is 0.414 e. The Kier molecular flexibility index (Phi) is 12.9. The number of allylic oxidation sites excluding steroid dienone is 3. The van der Waals surface area contributed by atoms with Gasteiger partial charge < -0.3 is 9.53 Å². The van der Waals surface area contributed by atoms with Gasteiger partial charge in [0.1, 0.15) is 0 Å². The zero-order chi connectivity index (χ0) is 24.4. The van der Waals surface area contributed by atoms with Crippen LogP contribution in [0.4, 0.5) is 0 Å². The molecule has 0 aliphatic carbocycles. The second-order valence-electron chi connectivity index (χ2n) is 11.4. The topological polar surface area (TPSA) is 53.2 Å². The molecule has 5 atom stereocenters. The van der Waals surface area contributed by atoms with Gasteiger partial charge in [-0.05, 0) is 81.5 Å². The number of hydrogen-bond donors (Lipinski definition) is 1. The molecule has 0 aromatic heterocycles. The number of aliphatic hydroxyl groups is 1. The number of rotatable bonds is 13. The Balaban J connectivity index is 4.78. The Hall–Kier alpha value is -1.15. The lowest BCUT2D eigenvalue weighted by Gasteiger charge is -2.38. The minimum atomic E-state index is -1.77. The fraction of sp³-hybridized carbons (Fsp3) is 0.741. The van der Waals surface area contributed by atoms with E-state index in [-0.39, 0.29) is 17.1 Å². The van der Waals surface area contributed by atoms with E-state index < -0.39 is 14.4 Å². The average molecular weight is 448 g/mol. The fourth-order valence-corrected chi connectivity index (χ4v) is 5.36. The maximum Gasteiger partial charge on any atom is 0.192 e. The first kappa shape index (κ1) is 29.8. The van der Waals surface area contributed by atoms with Gasteiger partial charge in [0, 0.05) is 6.10 Å². The molecule has 31 heavy (non-hydrogen) atoms. The Labute approximate surface area is 194 Å². The summed E-state index contributed by atoms with van der Waals surface area (Å²) in [5, 5.41) is 20.4. The van der Waals surface area contributed by atoms with E-state index in [1.807, 2.05) is 19.1 Å². The van der Waals surface area contributed by atoms with Crippen molar-refractivity contribution in [3.8, 4) is 6.07 Å². The Morgan fingerprint density at radius 2 is 1.71 bits per heavy atom.